The minimum absolute atomic E-state index is 0.0387. The fourth-order valence-corrected chi connectivity index (χ4v) is 2.02. The predicted molar refractivity (Wildman–Crippen MR) is 54.9 cm³/mol. The average Bonchev–Trinajstić information content (AvgIpc) is 2.22. The van der Waals surface area contributed by atoms with Gasteiger partial charge in [0.15, 0.2) is 5.79 Å². The Labute approximate surface area is 90.8 Å². The van der Waals surface area contributed by atoms with Gasteiger partial charge in [0.1, 0.15) is 0 Å². The van der Waals surface area contributed by atoms with E-state index in [0.717, 1.165) is 6.26 Å². The molecule has 0 amide bonds. The van der Waals surface area contributed by atoms with E-state index in [-0.39, 0.29) is 18.8 Å². The fourth-order valence-electron chi connectivity index (χ4n) is 1.62. The lowest BCUT2D eigenvalue weighted by Gasteiger charge is -2.16. The van der Waals surface area contributed by atoms with Crippen LogP contribution < -0.4 is 0 Å². The zero-order chi connectivity index (χ0) is 11.7. The van der Waals surface area contributed by atoms with Crippen LogP contribution in [0, 0.1) is 0 Å². The number of rotatable bonds is 4. The van der Waals surface area contributed by atoms with Gasteiger partial charge >= 0.3 is 0 Å². The van der Waals surface area contributed by atoms with E-state index in [1.54, 1.807) is 0 Å². The molecular formula is C9H18O5S. The first-order chi connectivity index (χ1) is 6.70. The molecule has 0 aromatic carbocycles. The minimum atomic E-state index is -3.36. The molecule has 0 aromatic rings. The Morgan fingerprint density at radius 1 is 1.33 bits per heavy atom. The molecule has 2 atom stereocenters. The van der Waals surface area contributed by atoms with Crippen molar-refractivity contribution in [3.8, 4) is 0 Å². The zero-order valence-electron chi connectivity index (χ0n) is 9.52. The number of ether oxygens (including phenoxy) is 2. The fraction of sp³-hybridized carbons (Fsp3) is 1.00. The third-order valence-electron chi connectivity index (χ3n) is 2.13. The highest BCUT2D eigenvalue weighted by Crippen LogP contribution is 2.29. The molecule has 6 heteroatoms. The van der Waals surface area contributed by atoms with E-state index in [0.29, 0.717) is 6.42 Å². The summed E-state index contributed by atoms with van der Waals surface area (Å²) >= 11 is 0. The predicted octanol–water partition coefficient (Wildman–Crippen LogP) is 0.893. The monoisotopic (exact) mass is 238 g/mol. The molecule has 1 heterocycles. The van der Waals surface area contributed by atoms with Gasteiger partial charge in [-0.15, -0.1) is 0 Å². The highest BCUT2D eigenvalue weighted by Gasteiger charge is 2.38. The Balaban J connectivity index is 2.35. The van der Waals surface area contributed by atoms with Crippen LogP contribution in [0.5, 0.6) is 0 Å². The Morgan fingerprint density at radius 2 is 1.93 bits per heavy atom. The molecule has 0 N–H and O–H groups in total. The molecule has 0 bridgehead atoms. The Kier molecular flexibility index (Phi) is 3.76. The minimum Gasteiger partial charge on any atom is -0.345 e. The summed E-state index contributed by atoms with van der Waals surface area (Å²) in [6, 6.07) is 0. The van der Waals surface area contributed by atoms with Crippen molar-refractivity contribution in [1.82, 2.24) is 0 Å². The van der Waals surface area contributed by atoms with Crippen molar-refractivity contribution in [2.24, 2.45) is 0 Å². The van der Waals surface area contributed by atoms with Gasteiger partial charge in [0.2, 0.25) is 0 Å². The van der Waals surface area contributed by atoms with Gasteiger partial charge in [0, 0.05) is 6.42 Å². The molecule has 1 aliphatic rings. The smallest absolute Gasteiger partial charge is 0.264 e. The normalized spacial score (nSPS) is 30.7. The second-order valence-corrected chi connectivity index (χ2v) is 5.84. The summed E-state index contributed by atoms with van der Waals surface area (Å²) in [5, 5.41) is 0. The van der Waals surface area contributed by atoms with E-state index in [1.807, 2.05) is 20.8 Å². The number of hydrogen-bond acceptors (Lipinski definition) is 5. The van der Waals surface area contributed by atoms with E-state index in [9.17, 15) is 8.42 Å². The molecule has 1 saturated heterocycles. The van der Waals surface area contributed by atoms with Gasteiger partial charge in [-0.05, 0) is 20.8 Å². The van der Waals surface area contributed by atoms with Crippen molar-refractivity contribution in [2.45, 2.75) is 45.2 Å². The summed E-state index contributed by atoms with van der Waals surface area (Å²) in [6.07, 6.45) is 1.40. The van der Waals surface area contributed by atoms with Crippen LogP contribution >= 0.6 is 0 Å². The van der Waals surface area contributed by atoms with Crippen molar-refractivity contribution < 1.29 is 22.1 Å². The van der Waals surface area contributed by atoms with Gasteiger partial charge in [-0.1, -0.05) is 0 Å². The first-order valence-corrected chi connectivity index (χ1v) is 6.71. The maximum absolute atomic E-state index is 10.7. The Morgan fingerprint density at radius 3 is 2.33 bits per heavy atom. The van der Waals surface area contributed by atoms with Crippen molar-refractivity contribution in [1.29, 1.82) is 0 Å². The molecule has 15 heavy (non-hydrogen) atoms. The molecule has 0 saturated carbocycles. The quantitative estimate of drug-likeness (QED) is 0.681. The topological polar surface area (TPSA) is 61.8 Å². The highest BCUT2D eigenvalue weighted by atomic mass is 32.2. The lowest BCUT2D eigenvalue weighted by Crippen LogP contribution is -2.23. The first kappa shape index (κ1) is 12.9. The molecular weight excluding hydrogens is 220 g/mol. The molecule has 0 spiro atoms. The second-order valence-electron chi connectivity index (χ2n) is 4.19. The van der Waals surface area contributed by atoms with Crippen molar-refractivity contribution in [3.05, 3.63) is 0 Å². The van der Waals surface area contributed by atoms with Gasteiger partial charge in [-0.25, -0.2) is 0 Å². The van der Waals surface area contributed by atoms with Gasteiger partial charge in [0.05, 0.1) is 25.1 Å². The second kappa shape index (κ2) is 4.37. The van der Waals surface area contributed by atoms with Crippen LogP contribution in [0.4, 0.5) is 0 Å². The Bertz CT molecular complexity index is 308. The molecule has 90 valence electrons. The molecule has 1 aliphatic heterocycles. The van der Waals surface area contributed by atoms with Crippen LogP contribution in [0.1, 0.15) is 27.2 Å². The summed E-state index contributed by atoms with van der Waals surface area (Å²) < 4.78 is 37.2. The van der Waals surface area contributed by atoms with Crippen LogP contribution in [-0.2, 0) is 23.8 Å². The zero-order valence-corrected chi connectivity index (χ0v) is 10.3. The van der Waals surface area contributed by atoms with E-state index in [4.69, 9.17) is 9.47 Å². The van der Waals surface area contributed by atoms with E-state index in [2.05, 4.69) is 4.18 Å². The van der Waals surface area contributed by atoms with Gasteiger partial charge in [0.25, 0.3) is 10.1 Å². The van der Waals surface area contributed by atoms with Crippen molar-refractivity contribution >= 4 is 10.1 Å². The SMILES string of the molecule is C[C@H]1OC(C)(C)O[C@@H]1CCOS(C)(=O)=O. The van der Waals surface area contributed by atoms with Crippen LogP contribution in [0.2, 0.25) is 0 Å². The van der Waals surface area contributed by atoms with Crippen LogP contribution in [0.15, 0.2) is 0 Å². The van der Waals surface area contributed by atoms with Crippen molar-refractivity contribution in [2.75, 3.05) is 12.9 Å². The third-order valence-corrected chi connectivity index (χ3v) is 2.72. The standard InChI is InChI=1S/C9H18O5S/c1-7-8(14-9(2,3)13-7)5-6-12-15(4,10)11/h7-8H,5-6H2,1-4H3/t7-,8-/m1/s1. The average molecular weight is 238 g/mol. The summed E-state index contributed by atoms with van der Waals surface area (Å²) in [5.41, 5.74) is 0. The molecule has 1 rings (SSSR count). The lowest BCUT2D eigenvalue weighted by molar-refractivity contribution is -0.145. The molecule has 0 unspecified atom stereocenters. The third kappa shape index (κ3) is 4.46. The van der Waals surface area contributed by atoms with Crippen molar-refractivity contribution in [3.63, 3.8) is 0 Å². The van der Waals surface area contributed by atoms with Crippen LogP contribution in [0.3, 0.4) is 0 Å². The van der Waals surface area contributed by atoms with E-state index < -0.39 is 15.9 Å². The van der Waals surface area contributed by atoms with Gasteiger partial charge < -0.3 is 9.47 Å². The molecule has 5 nitrogen and oxygen atoms in total. The molecule has 1 fully saturated rings. The maximum atomic E-state index is 10.7. The number of hydrogen-bond donors (Lipinski definition) is 0. The summed E-state index contributed by atoms with van der Waals surface area (Å²) in [7, 11) is -3.36. The summed E-state index contributed by atoms with van der Waals surface area (Å²) in [6.45, 7) is 5.70. The Hall–Kier alpha value is -0.170. The van der Waals surface area contributed by atoms with Crippen LogP contribution in [0.25, 0.3) is 0 Å². The van der Waals surface area contributed by atoms with Crippen LogP contribution in [-0.4, -0.2) is 39.3 Å². The highest BCUT2D eigenvalue weighted by molar-refractivity contribution is 7.85. The van der Waals surface area contributed by atoms with E-state index in [1.165, 1.54) is 0 Å². The summed E-state index contributed by atoms with van der Waals surface area (Å²) in [5.74, 6) is -0.588. The lowest BCUT2D eigenvalue weighted by atomic mass is 10.2. The maximum Gasteiger partial charge on any atom is 0.264 e. The summed E-state index contributed by atoms with van der Waals surface area (Å²) in [4.78, 5) is 0. The largest absolute Gasteiger partial charge is 0.345 e. The van der Waals surface area contributed by atoms with Gasteiger partial charge in [-0.3, -0.25) is 4.18 Å². The van der Waals surface area contributed by atoms with Gasteiger partial charge in [-0.2, -0.15) is 8.42 Å². The molecule has 0 aliphatic carbocycles. The molecule has 0 aromatic heterocycles. The first-order valence-electron chi connectivity index (χ1n) is 4.90. The molecule has 0 radical (unpaired) electrons. The van der Waals surface area contributed by atoms with E-state index >= 15 is 0 Å².